The molecule has 0 aliphatic carbocycles. The van der Waals surface area contributed by atoms with Gasteiger partial charge in [0.15, 0.2) is 23.0 Å². The van der Waals surface area contributed by atoms with Crippen molar-refractivity contribution in [3.05, 3.63) is 155 Å². The van der Waals surface area contributed by atoms with Crippen LogP contribution in [0, 0.1) is 0 Å². The molecule has 0 heterocycles. The van der Waals surface area contributed by atoms with Crippen LogP contribution < -0.4 is 18.9 Å². The Morgan fingerprint density at radius 2 is 0.581 bits per heavy atom. The molecular formula is C51H56O11. The zero-order valence-corrected chi connectivity index (χ0v) is 36.8. The SMILES string of the molecule is CC(C)(O)c1ccc(Oc2cccc(Oc3ccc(C(C)(C)OOC(C)(C)c4ccc(Oc5cc(C(C)(C)O)cc(Oc6ccc(C(C)(C)O)cc6)c5O)cc4)cc3)c2O)cc1. The molecular weight excluding hydrogens is 789 g/mol. The summed E-state index contributed by atoms with van der Waals surface area (Å²) in [5.41, 5.74) is -1.56. The lowest BCUT2D eigenvalue weighted by Gasteiger charge is -2.31. The number of ether oxygens (including phenoxy) is 4. The molecule has 0 aromatic heterocycles. The average Bonchev–Trinajstić information content (AvgIpc) is 3.20. The number of benzene rings is 6. The average molecular weight is 845 g/mol. The zero-order chi connectivity index (χ0) is 45.3. The van der Waals surface area contributed by atoms with Crippen molar-refractivity contribution in [1.82, 2.24) is 0 Å². The second-order valence-corrected chi connectivity index (χ2v) is 17.8. The van der Waals surface area contributed by atoms with Gasteiger partial charge >= 0.3 is 0 Å². The summed E-state index contributed by atoms with van der Waals surface area (Å²) < 4.78 is 24.1. The van der Waals surface area contributed by atoms with Crippen LogP contribution in [0.1, 0.15) is 97.1 Å². The van der Waals surface area contributed by atoms with Crippen LogP contribution in [0.3, 0.4) is 0 Å². The molecule has 11 nitrogen and oxygen atoms in total. The summed E-state index contributed by atoms with van der Waals surface area (Å²) in [6.07, 6.45) is 0. The summed E-state index contributed by atoms with van der Waals surface area (Å²) in [4.78, 5) is 12.1. The highest BCUT2D eigenvalue weighted by Gasteiger charge is 2.30. The van der Waals surface area contributed by atoms with Gasteiger partial charge < -0.3 is 44.5 Å². The molecule has 6 rings (SSSR count). The van der Waals surface area contributed by atoms with Gasteiger partial charge in [0.05, 0.1) is 16.8 Å². The zero-order valence-electron chi connectivity index (χ0n) is 36.8. The minimum absolute atomic E-state index is 0.0858. The summed E-state index contributed by atoms with van der Waals surface area (Å²) >= 11 is 0. The summed E-state index contributed by atoms with van der Waals surface area (Å²) in [5, 5.41) is 53.6. The van der Waals surface area contributed by atoms with Gasteiger partial charge in [0.2, 0.25) is 11.5 Å². The van der Waals surface area contributed by atoms with Gasteiger partial charge in [-0.3, -0.25) is 0 Å². The lowest BCUT2D eigenvalue weighted by Crippen LogP contribution is -2.29. The standard InChI is InChI=1S/C51H56O11/c1-47(2,54)32-14-22-37(23-15-32)57-41-12-11-13-42(45(41)52)58-38-26-18-34(19-27-38)50(7,8)61-62-51(9,10)35-20-28-40(29-21-35)60-44-31-36(49(5,6)56)30-43(46(44)53)59-39-24-16-33(17-25-39)48(3,4)55/h11-31,52-56H,1-10H3. The maximum atomic E-state index is 11.2. The van der Waals surface area contributed by atoms with Crippen LogP contribution in [0.4, 0.5) is 0 Å². The van der Waals surface area contributed by atoms with E-state index in [1.165, 1.54) is 0 Å². The third-order valence-electron chi connectivity index (χ3n) is 10.3. The van der Waals surface area contributed by atoms with E-state index >= 15 is 0 Å². The summed E-state index contributed by atoms with van der Waals surface area (Å²) in [5.74, 6) is 2.01. The van der Waals surface area contributed by atoms with Gasteiger partial charge in [-0.2, -0.15) is 0 Å². The topological polar surface area (TPSA) is 157 Å². The minimum Gasteiger partial charge on any atom is -0.502 e. The number of para-hydroxylation sites is 1. The van der Waals surface area contributed by atoms with Crippen LogP contribution in [0.2, 0.25) is 0 Å². The highest BCUT2D eigenvalue weighted by molar-refractivity contribution is 5.57. The Morgan fingerprint density at radius 1 is 0.323 bits per heavy atom. The van der Waals surface area contributed by atoms with E-state index < -0.39 is 28.0 Å². The summed E-state index contributed by atoms with van der Waals surface area (Å²) in [7, 11) is 0. The van der Waals surface area contributed by atoms with E-state index in [9.17, 15) is 25.5 Å². The number of phenolic OH excluding ortho intramolecular Hbond substituents is 2. The molecule has 0 unspecified atom stereocenters. The molecule has 0 amide bonds. The van der Waals surface area contributed by atoms with Gasteiger partial charge in [0.1, 0.15) is 34.2 Å². The fourth-order valence-electron chi connectivity index (χ4n) is 6.28. The molecule has 0 fully saturated rings. The second kappa shape index (κ2) is 17.4. The number of hydrogen-bond donors (Lipinski definition) is 5. The maximum absolute atomic E-state index is 11.2. The lowest BCUT2D eigenvalue weighted by atomic mass is 9.97. The normalized spacial score (nSPS) is 12.5. The summed E-state index contributed by atoms with van der Waals surface area (Å²) in [6.45, 7) is 17.6. The highest BCUT2D eigenvalue weighted by Crippen LogP contribution is 2.45. The number of phenols is 2. The van der Waals surface area contributed by atoms with Gasteiger partial charge in [-0.1, -0.05) is 54.6 Å². The van der Waals surface area contributed by atoms with Crippen LogP contribution in [-0.4, -0.2) is 25.5 Å². The van der Waals surface area contributed by atoms with Gasteiger partial charge in [-0.05, 0) is 170 Å². The molecule has 11 heteroatoms. The van der Waals surface area contributed by atoms with Crippen molar-refractivity contribution < 1.29 is 54.3 Å². The molecule has 0 atom stereocenters. The Morgan fingerprint density at radius 3 is 0.871 bits per heavy atom. The second-order valence-electron chi connectivity index (χ2n) is 17.8. The third kappa shape index (κ3) is 11.0. The molecule has 0 radical (unpaired) electrons. The number of hydrogen-bond acceptors (Lipinski definition) is 11. The minimum atomic E-state index is -1.27. The van der Waals surface area contributed by atoms with Crippen molar-refractivity contribution in [3.63, 3.8) is 0 Å². The van der Waals surface area contributed by atoms with Crippen molar-refractivity contribution in [2.45, 2.75) is 97.2 Å². The van der Waals surface area contributed by atoms with E-state index in [1.807, 2.05) is 52.0 Å². The van der Waals surface area contributed by atoms with Gasteiger partial charge in [-0.25, -0.2) is 9.78 Å². The van der Waals surface area contributed by atoms with Crippen LogP contribution in [0.25, 0.3) is 0 Å². The molecule has 6 aromatic rings. The summed E-state index contributed by atoms with van der Waals surface area (Å²) in [6, 6.07) is 36.4. The van der Waals surface area contributed by atoms with Gasteiger partial charge in [-0.15, -0.1) is 0 Å². The van der Waals surface area contributed by atoms with Crippen molar-refractivity contribution in [2.75, 3.05) is 0 Å². The smallest absolute Gasteiger partial charge is 0.202 e. The monoisotopic (exact) mass is 844 g/mol. The van der Waals surface area contributed by atoms with E-state index in [1.54, 1.807) is 145 Å². The number of rotatable bonds is 16. The van der Waals surface area contributed by atoms with E-state index in [4.69, 9.17) is 28.7 Å². The Balaban J connectivity index is 1.09. The Labute approximate surface area is 363 Å². The molecule has 0 aliphatic heterocycles. The van der Waals surface area contributed by atoms with Crippen LogP contribution in [0.15, 0.2) is 127 Å². The fraction of sp³-hybridized carbons (Fsp3) is 0.294. The first-order valence-corrected chi connectivity index (χ1v) is 20.3. The van der Waals surface area contributed by atoms with Gasteiger partial charge in [0.25, 0.3) is 0 Å². The molecule has 0 aliphatic rings. The first-order chi connectivity index (χ1) is 28.9. The van der Waals surface area contributed by atoms with E-state index in [2.05, 4.69) is 0 Å². The van der Waals surface area contributed by atoms with E-state index in [0.29, 0.717) is 34.1 Å². The fourth-order valence-corrected chi connectivity index (χ4v) is 6.28. The van der Waals surface area contributed by atoms with E-state index in [0.717, 1.165) is 16.7 Å². The largest absolute Gasteiger partial charge is 0.502 e. The molecule has 6 aromatic carbocycles. The Kier molecular flexibility index (Phi) is 12.7. The first-order valence-electron chi connectivity index (χ1n) is 20.3. The van der Waals surface area contributed by atoms with Crippen LogP contribution >= 0.6 is 0 Å². The number of aromatic hydroxyl groups is 2. The molecule has 5 N–H and O–H groups in total. The number of aliphatic hydroxyl groups is 3. The highest BCUT2D eigenvalue weighted by atomic mass is 17.2. The first kappa shape index (κ1) is 45.4. The maximum Gasteiger partial charge on any atom is 0.202 e. The molecule has 0 saturated heterocycles. The van der Waals surface area contributed by atoms with Crippen LogP contribution in [-0.2, 0) is 37.8 Å². The Hall–Kier alpha value is -6.08. The van der Waals surface area contributed by atoms with Crippen molar-refractivity contribution in [3.8, 4) is 57.5 Å². The van der Waals surface area contributed by atoms with Crippen molar-refractivity contribution >= 4 is 0 Å². The van der Waals surface area contributed by atoms with Crippen LogP contribution in [0.5, 0.6) is 57.5 Å². The lowest BCUT2D eigenvalue weighted by molar-refractivity contribution is -0.410. The predicted molar refractivity (Wildman–Crippen MR) is 236 cm³/mol. The Bertz CT molecular complexity index is 2450. The predicted octanol–water partition coefficient (Wildman–Crippen LogP) is 12.1. The van der Waals surface area contributed by atoms with Gasteiger partial charge in [0, 0.05) is 0 Å². The molecule has 0 saturated carbocycles. The van der Waals surface area contributed by atoms with Crippen molar-refractivity contribution in [2.24, 2.45) is 0 Å². The van der Waals surface area contributed by atoms with E-state index in [-0.39, 0.29) is 34.5 Å². The molecule has 326 valence electrons. The third-order valence-corrected chi connectivity index (χ3v) is 10.3. The molecule has 62 heavy (non-hydrogen) atoms. The molecule has 0 spiro atoms. The quantitative estimate of drug-likeness (QED) is 0.0467. The van der Waals surface area contributed by atoms with Crippen molar-refractivity contribution in [1.29, 1.82) is 0 Å². The molecule has 0 bridgehead atoms.